The Labute approximate surface area is 145 Å². The van der Waals surface area contributed by atoms with Crippen LogP contribution in [-0.2, 0) is 4.74 Å². The van der Waals surface area contributed by atoms with Crippen LogP contribution in [0.25, 0.3) is 0 Å². The molecule has 0 bridgehead atoms. The Hall–Kier alpha value is -2.09. The van der Waals surface area contributed by atoms with Gasteiger partial charge in [-0.1, -0.05) is 11.8 Å². The van der Waals surface area contributed by atoms with Crippen molar-refractivity contribution in [3.63, 3.8) is 0 Å². The number of carbonyl (C=O) groups excluding carboxylic acids is 2. The van der Waals surface area contributed by atoms with Crippen molar-refractivity contribution in [2.75, 3.05) is 7.11 Å². The van der Waals surface area contributed by atoms with E-state index in [2.05, 4.69) is 15.2 Å². The van der Waals surface area contributed by atoms with Crippen LogP contribution in [0, 0.1) is 13.8 Å². The number of ketones is 1. The number of carbonyl (C=O) groups is 2. The highest BCUT2D eigenvalue weighted by Crippen LogP contribution is 2.28. The summed E-state index contributed by atoms with van der Waals surface area (Å²) in [6, 6.07) is 0.213. The van der Waals surface area contributed by atoms with E-state index >= 15 is 0 Å². The highest BCUT2D eigenvalue weighted by Gasteiger charge is 2.27. The van der Waals surface area contributed by atoms with E-state index in [1.807, 2.05) is 25.3 Å². The van der Waals surface area contributed by atoms with Gasteiger partial charge in [0.1, 0.15) is 6.33 Å². The fraction of sp³-hybridized carbons (Fsp3) is 0.500. The summed E-state index contributed by atoms with van der Waals surface area (Å²) in [5, 5.41) is 8.32. The number of aromatic nitrogens is 4. The predicted molar refractivity (Wildman–Crippen MR) is 91.7 cm³/mol. The summed E-state index contributed by atoms with van der Waals surface area (Å²) in [5.41, 5.74) is 2.10. The molecule has 130 valence electrons. The number of H-pyrrole nitrogens is 1. The first-order valence-electron chi connectivity index (χ1n) is 7.65. The number of aryl methyl sites for hydroxylation is 1. The minimum absolute atomic E-state index is 0.0888. The topological polar surface area (TPSA) is 89.9 Å². The fourth-order valence-corrected chi connectivity index (χ4v) is 3.51. The average Bonchev–Trinajstić information content (AvgIpc) is 3.10. The third-order valence-electron chi connectivity index (χ3n) is 3.82. The molecule has 0 aliphatic carbocycles. The van der Waals surface area contributed by atoms with E-state index in [1.165, 1.54) is 18.9 Å². The number of ether oxygens (including phenoxy) is 1. The summed E-state index contributed by atoms with van der Waals surface area (Å²) in [4.78, 5) is 27.7. The molecule has 0 aliphatic rings. The summed E-state index contributed by atoms with van der Waals surface area (Å²) < 4.78 is 6.70. The van der Waals surface area contributed by atoms with Crippen molar-refractivity contribution < 1.29 is 14.3 Å². The van der Waals surface area contributed by atoms with E-state index in [1.54, 1.807) is 20.2 Å². The molecule has 1 atom stereocenters. The zero-order valence-electron chi connectivity index (χ0n) is 14.7. The third-order valence-corrected chi connectivity index (χ3v) is 4.89. The quantitative estimate of drug-likeness (QED) is 0.489. The Kier molecular flexibility index (Phi) is 5.48. The van der Waals surface area contributed by atoms with E-state index in [-0.39, 0.29) is 17.1 Å². The van der Waals surface area contributed by atoms with E-state index in [9.17, 15) is 9.59 Å². The molecular weight excluding hydrogens is 328 g/mol. The van der Waals surface area contributed by atoms with Crippen LogP contribution in [-0.4, -0.2) is 43.9 Å². The molecule has 24 heavy (non-hydrogen) atoms. The fourth-order valence-electron chi connectivity index (χ4n) is 2.49. The molecule has 0 saturated heterocycles. The van der Waals surface area contributed by atoms with Crippen LogP contribution >= 0.6 is 11.8 Å². The molecule has 8 heteroatoms. The number of esters is 1. The van der Waals surface area contributed by atoms with Crippen LogP contribution in [0.2, 0.25) is 0 Å². The highest BCUT2D eigenvalue weighted by molar-refractivity contribution is 8.00. The molecule has 0 radical (unpaired) electrons. The maximum Gasteiger partial charge on any atom is 0.339 e. The van der Waals surface area contributed by atoms with Gasteiger partial charge in [0, 0.05) is 11.7 Å². The Morgan fingerprint density at radius 3 is 2.54 bits per heavy atom. The van der Waals surface area contributed by atoms with E-state index in [4.69, 9.17) is 4.74 Å². The van der Waals surface area contributed by atoms with Gasteiger partial charge in [0.2, 0.25) is 0 Å². The van der Waals surface area contributed by atoms with E-state index in [0.29, 0.717) is 27.7 Å². The summed E-state index contributed by atoms with van der Waals surface area (Å²) in [7, 11) is 1.33. The van der Waals surface area contributed by atoms with Crippen molar-refractivity contribution in [1.82, 2.24) is 19.7 Å². The summed E-state index contributed by atoms with van der Waals surface area (Å²) in [5.74, 6) is -0.533. The lowest BCUT2D eigenvalue weighted by atomic mass is 10.1. The smallest absolute Gasteiger partial charge is 0.339 e. The molecule has 0 saturated carbocycles. The SMILES string of the molecule is COC(=O)c1c(C)[nH]c(C(=O)[C@@H](C)Sc2nncn2C(C)C)c1C. The molecular formula is C16H22N4O3S. The standard InChI is InChI=1S/C16H22N4O3S/c1-8(2)20-7-17-19-16(20)24-11(5)14(21)13-9(3)12(10(4)18-13)15(22)23-6/h7-8,11,18H,1-6H3/t11-/m1/s1. The largest absolute Gasteiger partial charge is 0.465 e. The summed E-state index contributed by atoms with van der Waals surface area (Å²) in [6.45, 7) is 9.38. The predicted octanol–water partition coefficient (Wildman–Crippen LogP) is 2.95. The Balaban J connectivity index is 2.25. The monoisotopic (exact) mass is 350 g/mol. The van der Waals surface area contributed by atoms with Crippen LogP contribution in [0.5, 0.6) is 0 Å². The van der Waals surface area contributed by atoms with Gasteiger partial charge in [-0.2, -0.15) is 0 Å². The molecule has 1 N–H and O–H groups in total. The zero-order valence-corrected chi connectivity index (χ0v) is 15.5. The van der Waals surface area contributed by atoms with Gasteiger partial charge in [-0.15, -0.1) is 10.2 Å². The Morgan fingerprint density at radius 1 is 1.29 bits per heavy atom. The molecule has 0 aromatic carbocycles. The van der Waals surface area contributed by atoms with Crippen molar-refractivity contribution in [2.24, 2.45) is 0 Å². The normalized spacial score (nSPS) is 12.5. The molecule has 7 nitrogen and oxygen atoms in total. The highest BCUT2D eigenvalue weighted by atomic mass is 32.2. The number of hydrogen-bond acceptors (Lipinski definition) is 6. The molecule has 0 spiro atoms. The van der Waals surface area contributed by atoms with Crippen LogP contribution < -0.4 is 0 Å². The maximum atomic E-state index is 12.8. The van der Waals surface area contributed by atoms with Crippen LogP contribution in [0.15, 0.2) is 11.5 Å². The lowest BCUT2D eigenvalue weighted by molar-refractivity contribution is 0.0599. The molecule has 0 unspecified atom stereocenters. The van der Waals surface area contributed by atoms with Gasteiger partial charge in [-0.25, -0.2) is 4.79 Å². The number of thioether (sulfide) groups is 1. The van der Waals surface area contributed by atoms with E-state index < -0.39 is 5.97 Å². The second-order valence-electron chi connectivity index (χ2n) is 5.86. The molecule has 2 aromatic heterocycles. The van der Waals surface area contributed by atoms with Gasteiger partial charge >= 0.3 is 5.97 Å². The third kappa shape index (κ3) is 3.38. The molecule has 2 heterocycles. The zero-order chi connectivity index (χ0) is 18.0. The van der Waals surface area contributed by atoms with Crippen molar-refractivity contribution >= 4 is 23.5 Å². The van der Waals surface area contributed by atoms with E-state index in [0.717, 1.165) is 0 Å². The summed E-state index contributed by atoms with van der Waals surface area (Å²) >= 11 is 1.35. The average molecular weight is 350 g/mol. The Bertz CT molecular complexity index is 763. The number of aromatic amines is 1. The Morgan fingerprint density at radius 2 is 1.96 bits per heavy atom. The van der Waals surface area contributed by atoms with Gasteiger partial charge in [-0.3, -0.25) is 4.79 Å². The molecule has 0 amide bonds. The molecule has 0 aliphatic heterocycles. The van der Waals surface area contributed by atoms with Crippen molar-refractivity contribution in [3.05, 3.63) is 28.8 Å². The lowest BCUT2D eigenvalue weighted by Gasteiger charge is -2.13. The van der Waals surface area contributed by atoms with Gasteiger partial charge in [-0.05, 0) is 40.2 Å². The van der Waals surface area contributed by atoms with Gasteiger partial charge in [0.15, 0.2) is 10.9 Å². The van der Waals surface area contributed by atoms with Gasteiger partial charge in [0.25, 0.3) is 0 Å². The molecule has 2 rings (SSSR count). The molecule has 2 aromatic rings. The maximum absolute atomic E-state index is 12.8. The van der Waals surface area contributed by atoms with Crippen LogP contribution in [0.3, 0.4) is 0 Å². The minimum Gasteiger partial charge on any atom is -0.465 e. The van der Waals surface area contributed by atoms with Gasteiger partial charge < -0.3 is 14.3 Å². The number of rotatable bonds is 6. The van der Waals surface area contributed by atoms with Crippen molar-refractivity contribution in [2.45, 2.75) is 51.1 Å². The summed E-state index contributed by atoms with van der Waals surface area (Å²) in [6.07, 6.45) is 1.66. The second kappa shape index (κ2) is 7.21. The second-order valence-corrected chi connectivity index (χ2v) is 7.16. The first-order chi connectivity index (χ1) is 11.3. The van der Waals surface area contributed by atoms with Crippen LogP contribution in [0.1, 0.15) is 58.9 Å². The number of nitrogens with zero attached hydrogens (tertiary/aromatic N) is 3. The van der Waals surface area contributed by atoms with Crippen LogP contribution in [0.4, 0.5) is 0 Å². The number of methoxy groups -OCH3 is 1. The molecule has 0 fully saturated rings. The van der Waals surface area contributed by atoms with Gasteiger partial charge in [0.05, 0.1) is 23.6 Å². The minimum atomic E-state index is -0.444. The van der Waals surface area contributed by atoms with Crippen molar-refractivity contribution in [1.29, 1.82) is 0 Å². The number of nitrogens with one attached hydrogen (secondary N) is 1. The first-order valence-corrected chi connectivity index (χ1v) is 8.53. The first kappa shape index (κ1) is 18.3. The lowest BCUT2D eigenvalue weighted by Crippen LogP contribution is -2.16. The van der Waals surface area contributed by atoms with Crippen molar-refractivity contribution in [3.8, 4) is 0 Å². The number of hydrogen-bond donors (Lipinski definition) is 1. The number of Topliss-reactive ketones (excluding diaryl/α,β-unsaturated/α-hetero) is 1.